The third-order valence-corrected chi connectivity index (χ3v) is 6.70. The molecule has 4 rings (SSSR count). The van der Waals surface area contributed by atoms with Gasteiger partial charge in [0.15, 0.2) is 0 Å². The van der Waals surface area contributed by atoms with Gasteiger partial charge in [-0.25, -0.2) is 18.2 Å². The van der Waals surface area contributed by atoms with Gasteiger partial charge in [0.05, 0.1) is 28.2 Å². The van der Waals surface area contributed by atoms with E-state index in [0.29, 0.717) is 20.8 Å². The summed E-state index contributed by atoms with van der Waals surface area (Å²) in [4.78, 5) is 16.0. The zero-order chi connectivity index (χ0) is 22.0. The summed E-state index contributed by atoms with van der Waals surface area (Å²) in [5, 5.41) is 18.6. The van der Waals surface area contributed by atoms with Crippen LogP contribution >= 0.6 is 11.8 Å². The number of ether oxygens (including phenoxy) is 1. The number of nitrogens with zero attached hydrogens (tertiary/aromatic N) is 2. The van der Waals surface area contributed by atoms with E-state index in [1.165, 1.54) is 43.8 Å². The summed E-state index contributed by atoms with van der Waals surface area (Å²) < 4.78 is 33.2. The van der Waals surface area contributed by atoms with Crippen molar-refractivity contribution in [2.75, 3.05) is 11.8 Å². The van der Waals surface area contributed by atoms with Crippen molar-refractivity contribution in [2.45, 2.75) is 14.9 Å². The van der Waals surface area contributed by atoms with Crippen molar-refractivity contribution in [1.82, 2.24) is 15.2 Å². The molecule has 4 aromatic rings. The minimum absolute atomic E-state index is 0.00391. The largest absolute Gasteiger partial charge is 0.506 e. The van der Waals surface area contributed by atoms with Crippen LogP contribution in [0.25, 0.3) is 10.8 Å². The number of esters is 1. The van der Waals surface area contributed by atoms with Gasteiger partial charge in [-0.2, -0.15) is 0 Å². The molecule has 0 atom stereocenters. The molecule has 0 saturated carbocycles. The molecule has 9 nitrogen and oxygen atoms in total. The molecule has 1 aromatic heterocycles. The summed E-state index contributed by atoms with van der Waals surface area (Å²) in [5.41, 5.74) is 0.519. The van der Waals surface area contributed by atoms with Crippen LogP contribution in [0.3, 0.4) is 0 Å². The van der Waals surface area contributed by atoms with E-state index in [-0.39, 0.29) is 21.9 Å². The van der Waals surface area contributed by atoms with E-state index >= 15 is 0 Å². The summed E-state index contributed by atoms with van der Waals surface area (Å²) in [6, 6.07) is 13.8. The van der Waals surface area contributed by atoms with Crippen LogP contribution in [-0.2, 0) is 14.8 Å². The summed E-state index contributed by atoms with van der Waals surface area (Å²) in [5.74, 6) is -0.564. The smallest absolute Gasteiger partial charge is 0.337 e. The van der Waals surface area contributed by atoms with Crippen molar-refractivity contribution in [3.63, 3.8) is 0 Å². The van der Waals surface area contributed by atoms with E-state index in [1.54, 1.807) is 24.3 Å². The Hall–Kier alpha value is -3.57. The number of aromatic hydroxyl groups is 1. The maximum absolute atomic E-state index is 13.0. The molecule has 0 saturated heterocycles. The summed E-state index contributed by atoms with van der Waals surface area (Å²) in [7, 11) is -2.73. The number of hydrogen-bond donors (Lipinski definition) is 3. The quantitative estimate of drug-likeness (QED) is 0.297. The van der Waals surface area contributed by atoms with Crippen molar-refractivity contribution < 1.29 is 23.1 Å². The van der Waals surface area contributed by atoms with Gasteiger partial charge in [0, 0.05) is 10.8 Å². The number of phenolic OH excluding ortho intramolecular Hbond substituents is 1. The lowest BCUT2D eigenvalue weighted by Crippen LogP contribution is -2.13. The Bertz CT molecular complexity index is 1350. The van der Waals surface area contributed by atoms with E-state index < -0.39 is 16.0 Å². The highest BCUT2D eigenvalue weighted by Gasteiger charge is 2.20. The van der Waals surface area contributed by atoms with Crippen LogP contribution in [0.1, 0.15) is 10.4 Å². The highest BCUT2D eigenvalue weighted by molar-refractivity contribution is 7.99. The monoisotopic (exact) mass is 456 g/mol. The van der Waals surface area contributed by atoms with Gasteiger partial charge in [-0.05, 0) is 42.1 Å². The number of nitrogens with one attached hydrogen (secondary N) is 2. The minimum Gasteiger partial charge on any atom is -0.506 e. The second-order valence-corrected chi connectivity index (χ2v) is 9.01. The van der Waals surface area contributed by atoms with Gasteiger partial charge in [0.1, 0.15) is 12.1 Å². The molecule has 0 radical (unpaired) electrons. The van der Waals surface area contributed by atoms with Crippen molar-refractivity contribution >= 4 is 44.2 Å². The second-order valence-electron chi connectivity index (χ2n) is 6.32. The fourth-order valence-electron chi connectivity index (χ4n) is 2.93. The van der Waals surface area contributed by atoms with Gasteiger partial charge >= 0.3 is 5.97 Å². The fraction of sp³-hybridized carbons (Fsp3) is 0.0500. The Kier molecular flexibility index (Phi) is 5.53. The molecule has 0 aliphatic carbocycles. The van der Waals surface area contributed by atoms with Gasteiger partial charge in [-0.15, -0.1) is 5.10 Å². The van der Waals surface area contributed by atoms with Crippen LogP contribution in [0.15, 0.2) is 75.9 Å². The predicted molar refractivity (Wildman–Crippen MR) is 115 cm³/mol. The second kappa shape index (κ2) is 8.28. The number of fused-ring (bicyclic) bond motifs is 1. The van der Waals surface area contributed by atoms with Crippen molar-refractivity contribution in [3.8, 4) is 5.75 Å². The van der Waals surface area contributed by atoms with Crippen molar-refractivity contribution in [3.05, 3.63) is 66.5 Å². The number of sulfonamides is 1. The molecule has 0 aliphatic rings. The molecule has 0 unspecified atom stereocenters. The van der Waals surface area contributed by atoms with E-state index in [1.807, 2.05) is 0 Å². The van der Waals surface area contributed by atoms with Crippen LogP contribution in [0, 0.1) is 0 Å². The predicted octanol–water partition coefficient (Wildman–Crippen LogP) is 3.40. The average Bonchev–Trinajstić information content (AvgIpc) is 3.29. The zero-order valence-electron chi connectivity index (χ0n) is 16.1. The summed E-state index contributed by atoms with van der Waals surface area (Å²) in [6.45, 7) is 0. The first-order valence-electron chi connectivity index (χ1n) is 8.88. The Morgan fingerprint density at radius 2 is 1.84 bits per heavy atom. The molecule has 1 heterocycles. The third-order valence-electron chi connectivity index (χ3n) is 4.41. The number of aromatic nitrogens is 3. The first-order chi connectivity index (χ1) is 14.9. The Morgan fingerprint density at radius 1 is 1.13 bits per heavy atom. The SMILES string of the molecule is COC(=O)c1ccc(S(=O)(=O)Nc2cc(Sc3nc[nH]n3)c(O)c3ccccc23)cc1. The Morgan fingerprint density at radius 3 is 2.48 bits per heavy atom. The fourth-order valence-corrected chi connectivity index (χ4v) is 4.79. The first kappa shape index (κ1) is 20.7. The molecule has 11 heteroatoms. The number of hydrogen-bond acceptors (Lipinski definition) is 8. The average molecular weight is 457 g/mol. The maximum Gasteiger partial charge on any atom is 0.337 e. The van der Waals surface area contributed by atoms with E-state index in [0.717, 1.165) is 11.8 Å². The summed E-state index contributed by atoms with van der Waals surface area (Å²) in [6.07, 6.45) is 1.40. The zero-order valence-corrected chi connectivity index (χ0v) is 17.7. The first-order valence-corrected chi connectivity index (χ1v) is 11.2. The van der Waals surface area contributed by atoms with Gasteiger partial charge in [0.2, 0.25) is 5.16 Å². The highest BCUT2D eigenvalue weighted by atomic mass is 32.2. The molecule has 3 aromatic carbocycles. The molecule has 31 heavy (non-hydrogen) atoms. The maximum atomic E-state index is 13.0. The normalized spacial score (nSPS) is 11.4. The molecule has 0 spiro atoms. The van der Waals surface area contributed by atoms with E-state index in [2.05, 4.69) is 24.6 Å². The number of benzene rings is 3. The summed E-state index contributed by atoms with van der Waals surface area (Å²) >= 11 is 1.09. The number of phenols is 1. The number of carbonyl (C=O) groups is 1. The minimum atomic E-state index is -3.98. The van der Waals surface area contributed by atoms with Crippen LogP contribution in [0.4, 0.5) is 5.69 Å². The number of anilines is 1. The Labute approximate surface area is 181 Å². The van der Waals surface area contributed by atoms with E-state index in [4.69, 9.17) is 0 Å². The topological polar surface area (TPSA) is 134 Å². The van der Waals surface area contributed by atoms with E-state index in [9.17, 15) is 18.3 Å². The van der Waals surface area contributed by atoms with Crippen LogP contribution in [0.2, 0.25) is 0 Å². The van der Waals surface area contributed by atoms with Crippen LogP contribution in [0.5, 0.6) is 5.75 Å². The molecule has 158 valence electrons. The number of carbonyl (C=O) groups excluding carboxylic acids is 1. The highest BCUT2D eigenvalue weighted by Crippen LogP contribution is 2.42. The molecule has 0 aliphatic heterocycles. The molecular formula is C20H16N4O5S2. The lowest BCUT2D eigenvalue weighted by molar-refractivity contribution is 0.0600. The van der Waals surface area contributed by atoms with Crippen LogP contribution in [-0.4, -0.2) is 41.8 Å². The number of H-pyrrole nitrogens is 1. The van der Waals surface area contributed by atoms with Gasteiger partial charge in [-0.1, -0.05) is 24.3 Å². The van der Waals surface area contributed by atoms with Crippen molar-refractivity contribution in [1.29, 1.82) is 0 Å². The number of rotatable bonds is 6. The van der Waals surface area contributed by atoms with Gasteiger partial charge in [-0.3, -0.25) is 9.82 Å². The van der Waals surface area contributed by atoms with Crippen molar-refractivity contribution in [2.24, 2.45) is 0 Å². The molecule has 0 amide bonds. The molecule has 0 fully saturated rings. The lowest BCUT2D eigenvalue weighted by Gasteiger charge is -2.14. The third kappa shape index (κ3) is 4.18. The standard InChI is InChI=1S/C20H16N4O5S2/c1-29-19(26)12-6-8-13(9-7-12)31(27,28)24-16-10-17(30-20-21-11-22-23-20)18(25)15-5-3-2-4-14(15)16/h2-11,24-25H,1H3,(H,21,22,23). The number of methoxy groups -OCH3 is 1. The van der Waals surface area contributed by atoms with Crippen LogP contribution < -0.4 is 4.72 Å². The number of aromatic amines is 1. The van der Waals surface area contributed by atoms with Gasteiger partial charge in [0.25, 0.3) is 10.0 Å². The lowest BCUT2D eigenvalue weighted by atomic mass is 10.1. The van der Waals surface area contributed by atoms with Gasteiger partial charge < -0.3 is 9.84 Å². The molecular weight excluding hydrogens is 440 g/mol. The Balaban J connectivity index is 1.74. The molecule has 0 bridgehead atoms. The molecule has 3 N–H and O–H groups in total.